The van der Waals surface area contributed by atoms with Gasteiger partial charge in [0.05, 0.1) is 17.3 Å². The quantitative estimate of drug-likeness (QED) is 0.401. The number of aryl methyl sites for hydroxylation is 1. The highest BCUT2D eigenvalue weighted by atomic mass is 19.4. The first-order valence-electron chi connectivity index (χ1n) is 12.8. The van der Waals surface area contributed by atoms with Gasteiger partial charge in [0.1, 0.15) is 5.67 Å². The van der Waals surface area contributed by atoms with Crippen LogP contribution in [-0.4, -0.2) is 41.4 Å². The number of benzene rings is 2. The number of nitrogens with two attached hydrogens (primary N) is 1. The van der Waals surface area contributed by atoms with Crippen molar-refractivity contribution in [3.63, 3.8) is 0 Å². The van der Waals surface area contributed by atoms with E-state index < -0.39 is 66.8 Å². The molecule has 0 saturated heterocycles. The molecule has 208 valence electrons. The van der Waals surface area contributed by atoms with Crippen LogP contribution in [0.4, 0.5) is 23.2 Å². The Morgan fingerprint density at radius 1 is 1.13 bits per heavy atom. The van der Waals surface area contributed by atoms with Gasteiger partial charge >= 0.3 is 6.18 Å². The van der Waals surface area contributed by atoms with E-state index in [0.29, 0.717) is 28.9 Å². The van der Waals surface area contributed by atoms with Gasteiger partial charge in [-0.05, 0) is 44.6 Å². The third kappa shape index (κ3) is 6.63. The molecular formula is C28H30F4N4O3. The standard InChI is InChI=1S/C28H30F4N4O3/c1-16-7-5-10-19-21(16)35-26(39)24(34-22(19)17-8-3-2-4-9-17)36-25(38)20(15-27(29)12-6-13-27)18(23(33)37)11-14-28(30,31)32/h2-5,7-10,18,20,24H,6,11-15H2,1H3,(H2,33,37)(H,35,39)(H,36,38)/t18-,20+,24-/m1/s1. The Hall–Kier alpha value is -3.76. The summed E-state index contributed by atoms with van der Waals surface area (Å²) >= 11 is 0. The van der Waals surface area contributed by atoms with Crippen LogP contribution in [0.2, 0.25) is 0 Å². The minimum atomic E-state index is -4.60. The molecular weight excluding hydrogens is 516 g/mol. The Kier molecular flexibility index (Phi) is 8.08. The van der Waals surface area contributed by atoms with Crippen molar-refractivity contribution in [3.8, 4) is 0 Å². The highest BCUT2D eigenvalue weighted by Gasteiger charge is 2.46. The molecule has 2 aliphatic rings. The minimum Gasteiger partial charge on any atom is -0.369 e. The zero-order chi connectivity index (χ0) is 28.4. The van der Waals surface area contributed by atoms with E-state index in [2.05, 4.69) is 15.6 Å². The summed E-state index contributed by atoms with van der Waals surface area (Å²) in [6.07, 6.45) is -7.90. The van der Waals surface area contributed by atoms with Crippen molar-refractivity contribution in [1.29, 1.82) is 0 Å². The fraction of sp³-hybridized carbons (Fsp3) is 0.429. The predicted molar refractivity (Wildman–Crippen MR) is 138 cm³/mol. The van der Waals surface area contributed by atoms with Crippen molar-refractivity contribution in [1.82, 2.24) is 5.32 Å². The molecule has 2 aromatic carbocycles. The van der Waals surface area contributed by atoms with Gasteiger partial charge in [-0.25, -0.2) is 9.38 Å². The molecule has 3 amide bonds. The molecule has 1 aliphatic heterocycles. The maximum atomic E-state index is 15.2. The predicted octanol–water partition coefficient (Wildman–Crippen LogP) is 4.57. The number of hydrogen-bond donors (Lipinski definition) is 3. The summed E-state index contributed by atoms with van der Waals surface area (Å²) in [6.45, 7) is 1.80. The van der Waals surface area contributed by atoms with Crippen molar-refractivity contribution < 1.29 is 31.9 Å². The van der Waals surface area contributed by atoms with Crippen LogP contribution in [0.1, 0.15) is 55.2 Å². The molecule has 1 fully saturated rings. The number of carbonyl (C=O) groups excluding carboxylic acids is 3. The number of rotatable bonds is 9. The van der Waals surface area contributed by atoms with Crippen LogP contribution in [-0.2, 0) is 14.4 Å². The highest BCUT2D eigenvalue weighted by Crippen LogP contribution is 2.43. The van der Waals surface area contributed by atoms with Crippen molar-refractivity contribution >= 4 is 29.1 Å². The monoisotopic (exact) mass is 546 g/mol. The molecule has 4 N–H and O–H groups in total. The Balaban J connectivity index is 1.69. The minimum absolute atomic E-state index is 0.121. The second kappa shape index (κ2) is 11.2. The van der Waals surface area contributed by atoms with Crippen molar-refractivity contribution in [2.75, 3.05) is 5.32 Å². The topological polar surface area (TPSA) is 114 Å². The van der Waals surface area contributed by atoms with Gasteiger partial charge in [-0.1, -0.05) is 48.5 Å². The molecule has 0 spiro atoms. The number of fused-ring (bicyclic) bond motifs is 1. The number of halogens is 4. The smallest absolute Gasteiger partial charge is 0.369 e. The van der Waals surface area contributed by atoms with Crippen LogP contribution in [0.15, 0.2) is 53.5 Å². The molecule has 11 heteroatoms. The van der Waals surface area contributed by atoms with Gasteiger partial charge in [-0.2, -0.15) is 13.2 Å². The van der Waals surface area contributed by atoms with Crippen molar-refractivity contribution in [2.45, 2.75) is 63.5 Å². The lowest BCUT2D eigenvalue weighted by molar-refractivity contribution is -0.147. The van der Waals surface area contributed by atoms with E-state index in [1.54, 1.807) is 49.4 Å². The molecule has 39 heavy (non-hydrogen) atoms. The Labute approximate surface area is 223 Å². The number of para-hydroxylation sites is 1. The lowest BCUT2D eigenvalue weighted by Gasteiger charge is -2.38. The third-order valence-electron chi connectivity index (χ3n) is 7.37. The normalized spacial score (nSPS) is 19.9. The number of aliphatic imine (C=N–C) groups is 1. The van der Waals surface area contributed by atoms with Crippen LogP contribution >= 0.6 is 0 Å². The first-order valence-corrected chi connectivity index (χ1v) is 12.8. The molecule has 1 aliphatic carbocycles. The summed E-state index contributed by atoms with van der Waals surface area (Å²) in [4.78, 5) is 43.5. The molecule has 7 nitrogen and oxygen atoms in total. The van der Waals surface area contributed by atoms with E-state index in [1.807, 2.05) is 6.07 Å². The van der Waals surface area contributed by atoms with Gasteiger partial charge in [0.2, 0.25) is 18.0 Å². The first kappa shape index (κ1) is 28.3. The number of nitrogens with zero attached hydrogens (tertiary/aromatic N) is 1. The third-order valence-corrected chi connectivity index (χ3v) is 7.37. The number of anilines is 1. The first-order chi connectivity index (χ1) is 18.4. The molecule has 0 aromatic heterocycles. The summed E-state index contributed by atoms with van der Waals surface area (Å²) in [5.41, 5.74) is 6.55. The zero-order valence-corrected chi connectivity index (χ0v) is 21.4. The van der Waals surface area contributed by atoms with Crippen LogP contribution in [0.5, 0.6) is 0 Å². The summed E-state index contributed by atoms with van der Waals surface area (Å²) in [5, 5.41) is 5.24. The molecule has 0 unspecified atom stereocenters. The molecule has 0 bridgehead atoms. The average Bonchev–Trinajstić information content (AvgIpc) is 2.99. The maximum absolute atomic E-state index is 15.2. The van der Waals surface area contributed by atoms with Gasteiger partial charge in [0, 0.05) is 23.5 Å². The molecule has 0 radical (unpaired) electrons. The van der Waals surface area contributed by atoms with E-state index >= 15 is 4.39 Å². The van der Waals surface area contributed by atoms with Crippen LogP contribution in [0.25, 0.3) is 0 Å². The summed E-state index contributed by atoms with van der Waals surface area (Å²) < 4.78 is 54.2. The SMILES string of the molecule is Cc1cccc2c1NC(=O)[C@@H](NC(=O)[C@@H](CC1(F)CCC1)[C@@H](CCC(F)(F)F)C(N)=O)N=C2c1ccccc1. The van der Waals surface area contributed by atoms with Crippen LogP contribution in [0, 0.1) is 18.8 Å². The van der Waals surface area contributed by atoms with E-state index in [1.165, 1.54) is 0 Å². The second-order valence-corrected chi connectivity index (χ2v) is 10.2. The number of hydrogen-bond acceptors (Lipinski definition) is 4. The second-order valence-electron chi connectivity index (χ2n) is 10.2. The maximum Gasteiger partial charge on any atom is 0.389 e. The van der Waals surface area contributed by atoms with Gasteiger partial charge in [0.25, 0.3) is 5.91 Å². The highest BCUT2D eigenvalue weighted by molar-refractivity contribution is 6.20. The summed E-state index contributed by atoms with van der Waals surface area (Å²) in [7, 11) is 0. The largest absolute Gasteiger partial charge is 0.389 e. The van der Waals surface area contributed by atoms with E-state index in [4.69, 9.17) is 5.73 Å². The van der Waals surface area contributed by atoms with Gasteiger partial charge in [-0.3, -0.25) is 14.4 Å². The lowest BCUT2D eigenvalue weighted by Crippen LogP contribution is -2.50. The fourth-order valence-corrected chi connectivity index (χ4v) is 5.08. The molecule has 4 rings (SSSR count). The van der Waals surface area contributed by atoms with E-state index in [0.717, 1.165) is 5.56 Å². The molecule has 2 aromatic rings. The number of nitrogens with one attached hydrogen (secondary N) is 2. The molecule has 1 heterocycles. The average molecular weight is 547 g/mol. The molecule has 1 saturated carbocycles. The number of amides is 3. The van der Waals surface area contributed by atoms with E-state index in [-0.39, 0.29) is 12.8 Å². The molecule has 3 atom stereocenters. The lowest BCUT2D eigenvalue weighted by atomic mass is 9.71. The zero-order valence-electron chi connectivity index (χ0n) is 21.4. The summed E-state index contributed by atoms with van der Waals surface area (Å²) in [5.74, 6) is -5.86. The van der Waals surface area contributed by atoms with Crippen LogP contribution in [0.3, 0.4) is 0 Å². The Bertz CT molecular complexity index is 1280. The van der Waals surface area contributed by atoms with Crippen molar-refractivity contribution in [3.05, 3.63) is 65.2 Å². The fourth-order valence-electron chi connectivity index (χ4n) is 5.08. The van der Waals surface area contributed by atoms with E-state index in [9.17, 15) is 27.6 Å². The van der Waals surface area contributed by atoms with Gasteiger partial charge in [0.15, 0.2) is 0 Å². The Morgan fingerprint density at radius 3 is 2.41 bits per heavy atom. The van der Waals surface area contributed by atoms with Gasteiger partial charge < -0.3 is 16.4 Å². The Morgan fingerprint density at radius 2 is 1.82 bits per heavy atom. The number of alkyl halides is 4. The van der Waals surface area contributed by atoms with Gasteiger partial charge in [-0.15, -0.1) is 0 Å². The summed E-state index contributed by atoms with van der Waals surface area (Å²) in [6, 6.07) is 14.3. The van der Waals surface area contributed by atoms with Crippen molar-refractivity contribution in [2.24, 2.45) is 22.6 Å². The van der Waals surface area contributed by atoms with Crippen LogP contribution < -0.4 is 16.4 Å². The number of carbonyl (C=O) groups is 3. The number of benzodiazepines with no additional fused rings is 1. The number of primary amides is 1.